The second-order valence-electron chi connectivity index (χ2n) is 9.71. The Labute approximate surface area is 225 Å². The van der Waals surface area contributed by atoms with Crippen molar-refractivity contribution in [2.45, 2.75) is 32.6 Å². The first-order valence-electron chi connectivity index (χ1n) is 12.9. The minimum Gasteiger partial charge on any atom is -0.359 e. The second kappa shape index (κ2) is 10.3. The van der Waals surface area contributed by atoms with Crippen LogP contribution in [0.2, 0.25) is 0 Å². The average Bonchev–Trinajstić information content (AvgIpc) is 3.75. The van der Waals surface area contributed by atoms with Gasteiger partial charge in [0.1, 0.15) is 5.69 Å². The summed E-state index contributed by atoms with van der Waals surface area (Å²) in [6, 6.07) is 6.37. The summed E-state index contributed by atoms with van der Waals surface area (Å²) in [7, 11) is 0. The molecule has 0 saturated heterocycles. The van der Waals surface area contributed by atoms with Gasteiger partial charge in [0.15, 0.2) is 0 Å². The molecule has 6 nitrogen and oxygen atoms in total. The lowest BCUT2D eigenvalue weighted by Crippen LogP contribution is -2.16. The largest absolute Gasteiger partial charge is 0.359 e. The molecule has 5 aromatic heterocycles. The third-order valence-electron chi connectivity index (χ3n) is 7.37. The first kappa shape index (κ1) is 24.1. The van der Waals surface area contributed by atoms with Gasteiger partial charge in [-0.2, -0.15) is 16.4 Å². The highest BCUT2D eigenvalue weighted by Gasteiger charge is 2.19. The molecule has 3 N–H and O–H groups in total. The fourth-order valence-corrected chi connectivity index (χ4v) is 5.94. The summed E-state index contributed by atoms with van der Waals surface area (Å²) in [5.74, 6) is 0.530. The number of nitrogens with one attached hydrogen (secondary N) is 3. The summed E-state index contributed by atoms with van der Waals surface area (Å²) < 4.78 is 0. The molecule has 0 aromatic carbocycles. The van der Waals surface area contributed by atoms with E-state index in [2.05, 4.69) is 79.8 Å². The van der Waals surface area contributed by atoms with Crippen molar-refractivity contribution in [1.29, 1.82) is 0 Å². The van der Waals surface area contributed by atoms with Gasteiger partial charge in [0.2, 0.25) is 0 Å². The maximum absolute atomic E-state index is 4.73. The highest BCUT2D eigenvalue weighted by atomic mass is 32.1. The normalized spacial score (nSPS) is 15.0. The number of thiophene rings is 1. The van der Waals surface area contributed by atoms with Crippen molar-refractivity contribution >= 4 is 38.7 Å². The highest BCUT2D eigenvalue weighted by Crippen LogP contribution is 2.35. The second-order valence-corrected chi connectivity index (χ2v) is 10.5. The van der Waals surface area contributed by atoms with Crippen molar-refractivity contribution in [3.63, 3.8) is 0 Å². The lowest BCUT2D eigenvalue weighted by atomic mass is 10.0. The summed E-state index contributed by atoms with van der Waals surface area (Å²) in [4.78, 5) is 12.7. The van der Waals surface area contributed by atoms with E-state index in [1.807, 2.05) is 31.6 Å². The molecule has 1 aliphatic carbocycles. The SMILES string of the molecule is C=C/C(=C\C(=C/C)c1cc2c(-c3cc4c(-c5ccsc5)cncc4[nH]3)n[nH]c2cn1)NC(=C)C1CCCC1. The Morgan fingerprint density at radius 2 is 2.00 bits per heavy atom. The molecule has 6 rings (SSSR count). The van der Waals surface area contributed by atoms with Crippen molar-refractivity contribution in [1.82, 2.24) is 30.5 Å². The summed E-state index contributed by atoms with van der Waals surface area (Å²) in [5.41, 5.74) is 9.80. The monoisotopic (exact) mass is 518 g/mol. The number of H-pyrrole nitrogens is 2. The van der Waals surface area contributed by atoms with Gasteiger partial charge in [0.05, 0.1) is 34.8 Å². The maximum atomic E-state index is 4.73. The van der Waals surface area contributed by atoms with Crippen LogP contribution in [0.25, 0.3) is 49.9 Å². The van der Waals surface area contributed by atoms with Crippen LogP contribution in [0.15, 0.2) is 90.3 Å². The zero-order valence-corrected chi connectivity index (χ0v) is 22.2. The Morgan fingerprint density at radius 1 is 1.13 bits per heavy atom. The molecule has 0 aliphatic heterocycles. The van der Waals surface area contributed by atoms with E-state index in [-0.39, 0.29) is 0 Å². The lowest BCUT2D eigenvalue weighted by molar-refractivity contribution is 0.607. The van der Waals surface area contributed by atoms with Gasteiger partial charge in [-0.15, -0.1) is 0 Å². The Kier molecular flexibility index (Phi) is 6.52. The first-order valence-corrected chi connectivity index (χ1v) is 13.9. The summed E-state index contributed by atoms with van der Waals surface area (Å²) in [5, 5.41) is 17.7. The van der Waals surface area contributed by atoms with Crippen molar-refractivity contribution in [2.24, 2.45) is 5.92 Å². The van der Waals surface area contributed by atoms with Gasteiger partial charge >= 0.3 is 0 Å². The molecule has 38 heavy (non-hydrogen) atoms. The van der Waals surface area contributed by atoms with E-state index in [0.717, 1.165) is 61.4 Å². The Balaban J connectivity index is 1.35. The molecule has 0 spiro atoms. The van der Waals surface area contributed by atoms with E-state index in [0.29, 0.717) is 5.92 Å². The summed E-state index contributed by atoms with van der Waals surface area (Å²) in [6.45, 7) is 10.3. The first-order chi connectivity index (χ1) is 18.6. The van der Waals surface area contributed by atoms with Gasteiger partial charge in [-0.25, -0.2) is 0 Å². The third kappa shape index (κ3) is 4.50. The molecule has 0 unspecified atom stereocenters. The molecule has 0 atom stereocenters. The van der Waals surface area contributed by atoms with Gasteiger partial charge in [-0.1, -0.05) is 32.1 Å². The van der Waals surface area contributed by atoms with Gasteiger partial charge in [-0.3, -0.25) is 15.1 Å². The van der Waals surface area contributed by atoms with E-state index in [1.165, 1.54) is 31.2 Å². The molecule has 190 valence electrons. The van der Waals surface area contributed by atoms with E-state index >= 15 is 0 Å². The number of pyridine rings is 2. The standard InChI is InChI=1S/C31H30N6S/c1-4-20(12-23(5-2)34-19(3)21-8-6-7-9-21)27-14-25-30(17-33-27)36-37-31(25)28-13-24-26(22-10-11-38-18-22)15-32-16-29(24)35-28/h4-5,10-18,21,34-35H,2-3,6-9H2,1H3,(H,36,37)/b20-4+,23-12+. The minimum atomic E-state index is 0.530. The zero-order chi connectivity index (χ0) is 26.1. The molecule has 7 heteroatoms. The Morgan fingerprint density at radius 3 is 2.76 bits per heavy atom. The molecular formula is C31H30N6S. The number of hydrogen-bond donors (Lipinski definition) is 3. The fraction of sp³-hybridized carbons (Fsp3) is 0.194. The molecule has 0 bridgehead atoms. The quantitative estimate of drug-likeness (QED) is 0.182. The Bertz CT molecular complexity index is 1690. The zero-order valence-electron chi connectivity index (χ0n) is 21.4. The van der Waals surface area contributed by atoms with Crippen LogP contribution in [0.3, 0.4) is 0 Å². The molecular weight excluding hydrogens is 488 g/mol. The number of fused-ring (bicyclic) bond motifs is 2. The van der Waals surface area contributed by atoms with E-state index in [9.17, 15) is 0 Å². The van der Waals surface area contributed by atoms with Crippen molar-refractivity contribution in [2.75, 3.05) is 0 Å². The number of rotatable bonds is 8. The number of hydrogen-bond acceptors (Lipinski definition) is 5. The summed E-state index contributed by atoms with van der Waals surface area (Å²) in [6.07, 6.45) is 16.6. The van der Waals surface area contributed by atoms with Crippen LogP contribution in [0, 0.1) is 5.92 Å². The lowest BCUT2D eigenvalue weighted by Gasteiger charge is -2.16. The Hall–Kier alpha value is -4.23. The van der Waals surface area contributed by atoms with Crippen LogP contribution in [0.1, 0.15) is 38.3 Å². The molecule has 1 fully saturated rings. The predicted molar refractivity (Wildman–Crippen MR) is 158 cm³/mol. The third-order valence-corrected chi connectivity index (χ3v) is 8.05. The van der Waals surface area contributed by atoms with E-state index in [4.69, 9.17) is 4.98 Å². The van der Waals surface area contributed by atoms with Gasteiger partial charge in [-0.05, 0) is 77.9 Å². The smallest absolute Gasteiger partial charge is 0.116 e. The highest BCUT2D eigenvalue weighted by molar-refractivity contribution is 7.08. The van der Waals surface area contributed by atoms with Crippen molar-refractivity contribution in [3.8, 4) is 22.5 Å². The van der Waals surface area contributed by atoms with E-state index < -0.39 is 0 Å². The number of aromatic nitrogens is 5. The number of nitrogens with zero attached hydrogens (tertiary/aromatic N) is 3. The van der Waals surface area contributed by atoms with Crippen molar-refractivity contribution < 1.29 is 0 Å². The summed E-state index contributed by atoms with van der Waals surface area (Å²) >= 11 is 1.68. The average molecular weight is 519 g/mol. The molecule has 0 amide bonds. The predicted octanol–water partition coefficient (Wildman–Crippen LogP) is 8.00. The van der Waals surface area contributed by atoms with Gasteiger partial charge in [0.25, 0.3) is 0 Å². The number of allylic oxidation sites excluding steroid dienone is 5. The van der Waals surface area contributed by atoms with Crippen LogP contribution in [0.5, 0.6) is 0 Å². The fourth-order valence-electron chi connectivity index (χ4n) is 5.29. The minimum absolute atomic E-state index is 0.530. The molecule has 5 heterocycles. The molecule has 5 aromatic rings. The topological polar surface area (TPSA) is 82.3 Å². The van der Waals surface area contributed by atoms with Crippen LogP contribution < -0.4 is 5.32 Å². The maximum Gasteiger partial charge on any atom is 0.116 e. The van der Waals surface area contributed by atoms with E-state index in [1.54, 1.807) is 11.3 Å². The number of aromatic amines is 2. The van der Waals surface area contributed by atoms with Crippen LogP contribution >= 0.6 is 11.3 Å². The molecule has 1 saturated carbocycles. The van der Waals surface area contributed by atoms with Crippen molar-refractivity contribution in [3.05, 3.63) is 96.0 Å². The molecule has 0 radical (unpaired) electrons. The van der Waals surface area contributed by atoms with Crippen LogP contribution in [-0.2, 0) is 0 Å². The van der Waals surface area contributed by atoms with Crippen LogP contribution in [-0.4, -0.2) is 25.1 Å². The van der Waals surface area contributed by atoms with Crippen LogP contribution in [0.4, 0.5) is 0 Å². The van der Waals surface area contributed by atoms with Gasteiger partial charge in [0, 0.05) is 33.9 Å². The molecule has 1 aliphatic rings. The van der Waals surface area contributed by atoms with Gasteiger partial charge < -0.3 is 10.3 Å².